The van der Waals surface area contributed by atoms with Crippen molar-refractivity contribution >= 4 is 27.4 Å². The summed E-state index contributed by atoms with van der Waals surface area (Å²) in [7, 11) is -3.72. The van der Waals surface area contributed by atoms with Gasteiger partial charge in [0.2, 0.25) is 15.9 Å². The molecular weight excluding hydrogens is 380 g/mol. The molecule has 0 unspecified atom stereocenters. The van der Waals surface area contributed by atoms with Crippen LogP contribution in [-0.2, 0) is 21.4 Å². The Labute approximate surface area is 155 Å². The molecule has 0 aliphatic heterocycles. The number of carbonyl (C=O) groups excluding carboxylic acids is 1. The van der Waals surface area contributed by atoms with Gasteiger partial charge in [0.05, 0.1) is 23.2 Å². The van der Waals surface area contributed by atoms with E-state index in [0.29, 0.717) is 12.2 Å². The summed E-state index contributed by atoms with van der Waals surface area (Å²) in [5.41, 5.74) is -0.764. The van der Waals surface area contributed by atoms with Gasteiger partial charge >= 0.3 is 0 Å². The fourth-order valence-electron chi connectivity index (χ4n) is 2.17. The van der Waals surface area contributed by atoms with Crippen molar-refractivity contribution < 1.29 is 26.7 Å². The summed E-state index contributed by atoms with van der Waals surface area (Å²) < 4.78 is 59.5. The van der Waals surface area contributed by atoms with Crippen LogP contribution in [0.5, 0.6) is 5.75 Å². The van der Waals surface area contributed by atoms with Crippen molar-refractivity contribution in [1.82, 2.24) is 4.98 Å². The molecule has 0 aliphatic rings. The van der Waals surface area contributed by atoms with Gasteiger partial charge in [-0.05, 0) is 30.7 Å². The molecule has 0 atom stereocenters. The molecule has 7 nitrogen and oxygen atoms in total. The Morgan fingerprint density at radius 3 is 2.56 bits per heavy atom. The zero-order valence-corrected chi connectivity index (χ0v) is 15.6. The van der Waals surface area contributed by atoms with E-state index in [1.165, 1.54) is 25.3 Å². The van der Waals surface area contributed by atoms with Gasteiger partial charge in [-0.2, -0.15) is 0 Å². The Morgan fingerprint density at radius 1 is 1.22 bits per heavy atom. The van der Waals surface area contributed by atoms with Crippen molar-refractivity contribution in [3.63, 3.8) is 0 Å². The van der Waals surface area contributed by atoms with Crippen LogP contribution >= 0.6 is 0 Å². The average molecular weight is 399 g/mol. The Hall–Kier alpha value is -2.75. The quantitative estimate of drug-likeness (QED) is 0.711. The lowest BCUT2D eigenvalue weighted by molar-refractivity contribution is -0.114. The number of aromatic nitrogens is 1. The number of pyridine rings is 1. The molecule has 10 heteroatoms. The second kappa shape index (κ2) is 8.76. The first-order chi connectivity index (χ1) is 12.7. The topological polar surface area (TPSA) is 97.4 Å². The summed E-state index contributed by atoms with van der Waals surface area (Å²) in [6, 6.07) is 4.93. The molecule has 0 radical (unpaired) electrons. The second-order valence-corrected chi connectivity index (χ2v) is 7.50. The molecule has 1 heterocycles. The third-order valence-corrected chi connectivity index (χ3v) is 4.82. The van der Waals surface area contributed by atoms with E-state index in [2.05, 4.69) is 15.0 Å². The number of nitrogens with one attached hydrogen (secondary N) is 2. The molecule has 0 spiro atoms. The zero-order valence-electron chi connectivity index (χ0n) is 14.8. The first kappa shape index (κ1) is 20.6. The van der Waals surface area contributed by atoms with Crippen molar-refractivity contribution in [1.29, 1.82) is 0 Å². The number of carbonyl (C=O) groups is 1. The van der Waals surface area contributed by atoms with Gasteiger partial charge in [-0.25, -0.2) is 22.2 Å². The van der Waals surface area contributed by atoms with Crippen LogP contribution in [0.4, 0.5) is 20.3 Å². The van der Waals surface area contributed by atoms with Crippen LogP contribution in [0, 0.1) is 11.6 Å². The summed E-state index contributed by atoms with van der Waals surface area (Å²) in [6.07, 6.45) is 1.64. The van der Waals surface area contributed by atoms with Gasteiger partial charge < -0.3 is 10.1 Å². The molecule has 0 fully saturated rings. The summed E-state index contributed by atoms with van der Waals surface area (Å²) in [5, 5.41) is 2.47. The number of sulfonamides is 1. The fraction of sp³-hybridized carbons (Fsp3) is 0.294. The van der Waals surface area contributed by atoms with Crippen molar-refractivity contribution in [2.75, 3.05) is 15.8 Å². The highest BCUT2D eigenvalue weighted by molar-refractivity contribution is 7.92. The predicted molar refractivity (Wildman–Crippen MR) is 96.9 cm³/mol. The van der Waals surface area contributed by atoms with E-state index in [0.717, 1.165) is 12.1 Å². The third-order valence-electron chi connectivity index (χ3n) is 3.35. The Balaban J connectivity index is 2.14. The average Bonchev–Trinajstić information content (AvgIpc) is 2.58. The largest absolute Gasteiger partial charge is 0.487 e. The Kier molecular flexibility index (Phi) is 6.67. The van der Waals surface area contributed by atoms with Gasteiger partial charge in [-0.1, -0.05) is 6.92 Å². The van der Waals surface area contributed by atoms with Crippen LogP contribution in [0.3, 0.4) is 0 Å². The first-order valence-corrected chi connectivity index (χ1v) is 9.71. The van der Waals surface area contributed by atoms with Crippen molar-refractivity contribution in [2.24, 2.45) is 0 Å². The molecular formula is C17H19F2N3O4S. The molecule has 146 valence electrons. The second-order valence-electron chi connectivity index (χ2n) is 5.66. The molecule has 1 aromatic carbocycles. The van der Waals surface area contributed by atoms with Crippen LogP contribution in [0.25, 0.3) is 0 Å². The highest BCUT2D eigenvalue weighted by atomic mass is 32.2. The molecule has 2 rings (SSSR count). The van der Waals surface area contributed by atoms with E-state index in [1.807, 2.05) is 0 Å². The predicted octanol–water partition coefficient (Wildman–Crippen LogP) is 3.05. The highest BCUT2D eigenvalue weighted by Crippen LogP contribution is 2.24. The first-order valence-electron chi connectivity index (χ1n) is 8.05. The van der Waals surface area contributed by atoms with Crippen LogP contribution in [0.15, 0.2) is 30.5 Å². The fourth-order valence-corrected chi connectivity index (χ4v) is 3.30. The number of halogens is 2. The molecule has 0 aliphatic carbocycles. The molecule has 2 N–H and O–H groups in total. The minimum absolute atomic E-state index is 0.179. The smallest absolute Gasteiger partial charge is 0.232 e. The van der Waals surface area contributed by atoms with Gasteiger partial charge in [0.25, 0.3) is 0 Å². The summed E-state index contributed by atoms with van der Waals surface area (Å²) >= 11 is 0. The van der Waals surface area contributed by atoms with Crippen molar-refractivity contribution in [3.05, 3.63) is 47.7 Å². The summed E-state index contributed by atoms with van der Waals surface area (Å²) in [5.74, 6) is -1.85. The molecule has 0 saturated heterocycles. The maximum absolute atomic E-state index is 14.5. The molecule has 1 amide bonds. The minimum atomic E-state index is -3.72. The van der Waals surface area contributed by atoms with E-state index < -0.39 is 33.8 Å². The van der Waals surface area contributed by atoms with Crippen LogP contribution in [-0.4, -0.2) is 25.1 Å². The minimum Gasteiger partial charge on any atom is -0.487 e. The number of benzene rings is 1. The van der Waals surface area contributed by atoms with E-state index in [9.17, 15) is 22.0 Å². The Bertz CT molecular complexity index is 919. The highest BCUT2D eigenvalue weighted by Gasteiger charge is 2.18. The Morgan fingerprint density at radius 2 is 1.96 bits per heavy atom. The number of hydrogen-bond donors (Lipinski definition) is 2. The SMILES string of the molecule is CCCS(=O)(=O)Nc1ccc(F)c(COc2ccc(NC(C)=O)nc2)c1F. The van der Waals surface area contributed by atoms with E-state index >= 15 is 0 Å². The standard InChI is InChI=1S/C17H19F2N3O4S/c1-3-8-27(24,25)22-15-6-5-14(18)13(17(15)19)10-26-12-4-7-16(20-9-12)21-11(2)23/h4-7,9,22H,3,8,10H2,1-2H3,(H,20,21,23). The maximum Gasteiger partial charge on any atom is 0.232 e. The van der Waals surface area contributed by atoms with Gasteiger partial charge in [-0.3, -0.25) is 9.52 Å². The molecule has 0 bridgehead atoms. The van der Waals surface area contributed by atoms with E-state index in [4.69, 9.17) is 4.74 Å². The number of nitrogens with zero attached hydrogens (tertiary/aromatic N) is 1. The number of rotatable bonds is 8. The van der Waals surface area contributed by atoms with E-state index in [1.54, 1.807) is 6.92 Å². The lowest BCUT2D eigenvalue weighted by atomic mass is 10.2. The number of ether oxygens (including phenoxy) is 1. The molecule has 2 aromatic rings. The van der Waals surface area contributed by atoms with Gasteiger partial charge in [-0.15, -0.1) is 0 Å². The monoisotopic (exact) mass is 399 g/mol. The van der Waals surface area contributed by atoms with Crippen LogP contribution < -0.4 is 14.8 Å². The lowest BCUT2D eigenvalue weighted by Gasteiger charge is -2.13. The summed E-state index contributed by atoms with van der Waals surface area (Å²) in [6.45, 7) is 2.53. The molecule has 0 saturated carbocycles. The molecule has 1 aromatic heterocycles. The lowest BCUT2D eigenvalue weighted by Crippen LogP contribution is -2.18. The van der Waals surface area contributed by atoms with Gasteiger partial charge in [0.15, 0.2) is 5.82 Å². The number of hydrogen-bond acceptors (Lipinski definition) is 5. The number of amides is 1. The number of anilines is 2. The maximum atomic E-state index is 14.5. The summed E-state index contributed by atoms with van der Waals surface area (Å²) in [4.78, 5) is 14.9. The van der Waals surface area contributed by atoms with Crippen molar-refractivity contribution in [2.45, 2.75) is 26.9 Å². The van der Waals surface area contributed by atoms with E-state index in [-0.39, 0.29) is 23.1 Å². The van der Waals surface area contributed by atoms with Crippen LogP contribution in [0.1, 0.15) is 25.8 Å². The third kappa shape index (κ3) is 5.88. The van der Waals surface area contributed by atoms with Crippen molar-refractivity contribution in [3.8, 4) is 5.75 Å². The molecule has 27 heavy (non-hydrogen) atoms. The normalized spacial score (nSPS) is 11.1. The zero-order chi connectivity index (χ0) is 20.0. The van der Waals surface area contributed by atoms with Gasteiger partial charge in [0, 0.05) is 6.92 Å². The van der Waals surface area contributed by atoms with Gasteiger partial charge in [0.1, 0.15) is 24.0 Å². The van der Waals surface area contributed by atoms with Crippen LogP contribution in [0.2, 0.25) is 0 Å².